The van der Waals surface area contributed by atoms with E-state index in [9.17, 15) is 4.79 Å². The highest BCUT2D eigenvalue weighted by Gasteiger charge is 2.06. The number of nitrogens with one attached hydrogen (secondary N) is 1. The molecule has 0 spiro atoms. The summed E-state index contributed by atoms with van der Waals surface area (Å²) < 4.78 is 0. The van der Waals surface area contributed by atoms with E-state index in [2.05, 4.69) is 36.5 Å². The first kappa shape index (κ1) is 15.1. The Morgan fingerprint density at radius 2 is 1.52 bits per heavy atom. The van der Waals surface area contributed by atoms with Gasteiger partial charge in [-0.3, -0.25) is 4.79 Å². The van der Waals surface area contributed by atoms with Crippen LogP contribution in [0.3, 0.4) is 0 Å². The third kappa shape index (κ3) is 4.09. The Balaban J connectivity index is 1.95. The van der Waals surface area contributed by atoms with Gasteiger partial charge in [0.15, 0.2) is 0 Å². The van der Waals surface area contributed by atoms with Gasteiger partial charge in [0, 0.05) is 31.9 Å². The predicted octanol–water partition coefficient (Wildman–Crippen LogP) is 3.56. The minimum atomic E-state index is 0.0321. The lowest BCUT2D eigenvalue weighted by Crippen LogP contribution is -2.21. The van der Waals surface area contributed by atoms with Gasteiger partial charge in [-0.15, -0.1) is 0 Å². The molecule has 2 aromatic carbocycles. The summed E-state index contributed by atoms with van der Waals surface area (Å²) in [7, 11) is 3.52. The van der Waals surface area contributed by atoms with Crippen molar-refractivity contribution in [1.82, 2.24) is 4.90 Å². The van der Waals surface area contributed by atoms with Gasteiger partial charge in [-0.05, 0) is 41.8 Å². The van der Waals surface area contributed by atoms with Gasteiger partial charge in [0.05, 0.1) is 0 Å². The van der Waals surface area contributed by atoms with E-state index in [0.717, 1.165) is 29.8 Å². The largest absolute Gasteiger partial charge is 0.381 e. The van der Waals surface area contributed by atoms with Gasteiger partial charge in [-0.25, -0.2) is 0 Å². The summed E-state index contributed by atoms with van der Waals surface area (Å²) in [5.41, 5.74) is 4.33. The van der Waals surface area contributed by atoms with E-state index < -0.39 is 0 Å². The molecule has 0 radical (unpaired) electrons. The molecule has 0 aliphatic carbocycles. The Bertz CT molecular complexity index is 586. The Morgan fingerprint density at radius 1 is 0.952 bits per heavy atom. The predicted molar refractivity (Wildman–Crippen MR) is 87.6 cm³/mol. The van der Waals surface area contributed by atoms with Crippen LogP contribution in [0.1, 0.15) is 28.4 Å². The lowest BCUT2D eigenvalue weighted by molar-refractivity contribution is 0.0827. The smallest absolute Gasteiger partial charge is 0.253 e. The van der Waals surface area contributed by atoms with Crippen LogP contribution in [0.4, 0.5) is 5.69 Å². The van der Waals surface area contributed by atoms with Crippen molar-refractivity contribution in [3.8, 4) is 0 Å². The van der Waals surface area contributed by atoms with Gasteiger partial charge in [-0.2, -0.15) is 0 Å². The lowest BCUT2D eigenvalue weighted by atomic mass is 10.1. The van der Waals surface area contributed by atoms with Crippen LogP contribution in [0.15, 0.2) is 48.5 Å². The molecule has 2 aromatic rings. The number of carbonyl (C=O) groups is 1. The number of hydrogen-bond acceptors (Lipinski definition) is 2. The van der Waals surface area contributed by atoms with Crippen LogP contribution >= 0.6 is 0 Å². The van der Waals surface area contributed by atoms with E-state index in [1.54, 1.807) is 19.0 Å². The van der Waals surface area contributed by atoms with Crippen LogP contribution in [0, 0.1) is 0 Å². The number of rotatable bonds is 5. The monoisotopic (exact) mass is 282 g/mol. The summed E-state index contributed by atoms with van der Waals surface area (Å²) in [4.78, 5) is 13.4. The normalized spacial score (nSPS) is 10.2. The third-order valence-corrected chi connectivity index (χ3v) is 3.47. The minimum absolute atomic E-state index is 0.0321. The molecule has 3 heteroatoms. The van der Waals surface area contributed by atoms with Gasteiger partial charge in [0.2, 0.25) is 0 Å². The van der Waals surface area contributed by atoms with Crippen molar-refractivity contribution in [3.05, 3.63) is 65.2 Å². The quantitative estimate of drug-likeness (QED) is 0.909. The number of anilines is 1. The van der Waals surface area contributed by atoms with E-state index in [-0.39, 0.29) is 5.91 Å². The zero-order valence-electron chi connectivity index (χ0n) is 12.9. The second-order valence-electron chi connectivity index (χ2n) is 5.30. The summed E-state index contributed by atoms with van der Waals surface area (Å²) >= 11 is 0. The highest BCUT2D eigenvalue weighted by atomic mass is 16.2. The van der Waals surface area contributed by atoms with Gasteiger partial charge < -0.3 is 10.2 Å². The number of carbonyl (C=O) groups excluding carboxylic acids is 1. The van der Waals surface area contributed by atoms with E-state index >= 15 is 0 Å². The number of benzene rings is 2. The van der Waals surface area contributed by atoms with Crippen molar-refractivity contribution >= 4 is 11.6 Å². The molecule has 0 aromatic heterocycles. The maximum atomic E-state index is 11.8. The first-order chi connectivity index (χ1) is 10.1. The molecule has 0 fully saturated rings. The molecule has 0 aliphatic rings. The zero-order valence-corrected chi connectivity index (χ0v) is 12.9. The maximum Gasteiger partial charge on any atom is 0.253 e. The Labute approximate surface area is 126 Å². The number of hydrogen-bond donors (Lipinski definition) is 1. The highest BCUT2D eigenvalue weighted by molar-refractivity contribution is 5.93. The van der Waals surface area contributed by atoms with Crippen molar-refractivity contribution in [2.45, 2.75) is 19.9 Å². The first-order valence-corrected chi connectivity index (χ1v) is 7.23. The average Bonchev–Trinajstić information content (AvgIpc) is 2.53. The summed E-state index contributed by atoms with van der Waals surface area (Å²) in [6.45, 7) is 2.90. The third-order valence-electron chi connectivity index (χ3n) is 3.47. The SMILES string of the molecule is CCc1ccc(NCc2ccc(C(=O)N(C)C)cc2)cc1. The molecule has 0 bridgehead atoms. The molecule has 0 aliphatic heterocycles. The highest BCUT2D eigenvalue weighted by Crippen LogP contribution is 2.12. The van der Waals surface area contributed by atoms with E-state index in [0.29, 0.717) is 0 Å². The van der Waals surface area contributed by atoms with Gasteiger partial charge >= 0.3 is 0 Å². The van der Waals surface area contributed by atoms with Gasteiger partial charge in [0.25, 0.3) is 5.91 Å². The molecule has 3 nitrogen and oxygen atoms in total. The maximum absolute atomic E-state index is 11.8. The summed E-state index contributed by atoms with van der Waals surface area (Å²) in [5, 5.41) is 3.39. The van der Waals surface area contributed by atoms with Crippen molar-refractivity contribution in [1.29, 1.82) is 0 Å². The van der Waals surface area contributed by atoms with Gasteiger partial charge in [-0.1, -0.05) is 31.2 Å². The molecule has 0 saturated carbocycles. The van der Waals surface area contributed by atoms with Crippen LogP contribution in [0.5, 0.6) is 0 Å². The Hall–Kier alpha value is -2.29. The van der Waals surface area contributed by atoms with Crippen LogP contribution in [0.25, 0.3) is 0 Å². The van der Waals surface area contributed by atoms with Crippen molar-refractivity contribution in [2.24, 2.45) is 0 Å². The summed E-state index contributed by atoms with van der Waals surface area (Å²) in [5.74, 6) is 0.0321. The fourth-order valence-corrected chi connectivity index (χ4v) is 2.09. The zero-order chi connectivity index (χ0) is 15.2. The van der Waals surface area contributed by atoms with E-state index in [4.69, 9.17) is 0 Å². The number of aryl methyl sites for hydroxylation is 1. The molecular weight excluding hydrogens is 260 g/mol. The van der Waals surface area contributed by atoms with Crippen LogP contribution < -0.4 is 5.32 Å². The van der Waals surface area contributed by atoms with Crippen LogP contribution in [-0.2, 0) is 13.0 Å². The molecule has 1 N–H and O–H groups in total. The van der Waals surface area contributed by atoms with Crippen molar-refractivity contribution < 1.29 is 4.79 Å². The fourth-order valence-electron chi connectivity index (χ4n) is 2.09. The second-order valence-corrected chi connectivity index (χ2v) is 5.30. The lowest BCUT2D eigenvalue weighted by Gasteiger charge is -2.11. The van der Waals surface area contributed by atoms with Gasteiger partial charge in [0.1, 0.15) is 0 Å². The summed E-state index contributed by atoms with van der Waals surface area (Å²) in [6.07, 6.45) is 1.06. The van der Waals surface area contributed by atoms with Crippen molar-refractivity contribution in [3.63, 3.8) is 0 Å². The molecule has 0 saturated heterocycles. The van der Waals surface area contributed by atoms with E-state index in [1.807, 2.05) is 24.3 Å². The standard InChI is InChI=1S/C18H22N2O/c1-4-14-7-11-17(12-8-14)19-13-15-5-9-16(10-6-15)18(21)20(2)3/h5-12,19H,4,13H2,1-3H3. The molecule has 21 heavy (non-hydrogen) atoms. The Kier molecular flexibility index (Phi) is 4.99. The topological polar surface area (TPSA) is 32.3 Å². The van der Waals surface area contributed by atoms with Crippen molar-refractivity contribution in [2.75, 3.05) is 19.4 Å². The molecule has 0 atom stereocenters. The molecule has 0 heterocycles. The number of nitrogens with zero attached hydrogens (tertiary/aromatic N) is 1. The summed E-state index contributed by atoms with van der Waals surface area (Å²) in [6, 6.07) is 16.2. The fraction of sp³-hybridized carbons (Fsp3) is 0.278. The molecular formula is C18H22N2O. The van der Waals surface area contributed by atoms with Crippen LogP contribution in [-0.4, -0.2) is 24.9 Å². The van der Waals surface area contributed by atoms with Crippen LogP contribution in [0.2, 0.25) is 0 Å². The first-order valence-electron chi connectivity index (χ1n) is 7.23. The second kappa shape index (κ2) is 6.93. The molecule has 0 unspecified atom stereocenters. The molecule has 110 valence electrons. The molecule has 2 rings (SSSR count). The number of amides is 1. The van der Waals surface area contributed by atoms with E-state index in [1.165, 1.54) is 5.56 Å². The average molecular weight is 282 g/mol. The molecule has 1 amide bonds. The Morgan fingerprint density at radius 3 is 2.05 bits per heavy atom. The minimum Gasteiger partial charge on any atom is -0.381 e.